The molecule has 0 aliphatic carbocycles. The van der Waals surface area contributed by atoms with Crippen molar-refractivity contribution in [2.24, 2.45) is 0 Å². The first-order valence-electron chi connectivity index (χ1n) is 4.97. The Labute approximate surface area is 89.4 Å². The van der Waals surface area contributed by atoms with Crippen LogP contribution in [-0.2, 0) is 0 Å². The van der Waals surface area contributed by atoms with E-state index < -0.39 is 0 Å². The maximum absolute atomic E-state index is 5.55. The minimum atomic E-state index is 0.514. The van der Waals surface area contributed by atoms with Gasteiger partial charge in [-0.15, -0.1) is 6.42 Å². The average molecular weight is 203 g/mol. The van der Waals surface area contributed by atoms with Crippen molar-refractivity contribution < 1.29 is 9.47 Å². The van der Waals surface area contributed by atoms with Gasteiger partial charge in [0.25, 0.3) is 0 Å². The number of ether oxygens (including phenoxy) is 2. The zero-order valence-electron chi connectivity index (χ0n) is 8.45. The number of fused-ring (bicyclic) bond motifs is 1. The first-order valence-corrected chi connectivity index (χ1v) is 4.97. The molecule has 0 saturated carbocycles. The second kappa shape index (κ2) is 4.61. The SMILES string of the molecule is C#CCNc1ccc2c(c1)OCCCO2. The fraction of sp³-hybridized carbons (Fsp3) is 0.333. The zero-order valence-corrected chi connectivity index (χ0v) is 8.45. The standard InChI is InChI=1S/C12H13NO2/c1-2-6-13-10-4-5-11-12(9-10)15-8-3-7-14-11/h1,4-5,9,13H,3,6-8H2. The van der Waals surface area contributed by atoms with Gasteiger partial charge in [-0.2, -0.15) is 0 Å². The summed E-state index contributed by atoms with van der Waals surface area (Å²) in [4.78, 5) is 0. The van der Waals surface area contributed by atoms with Crippen LogP contribution in [0, 0.1) is 12.3 Å². The van der Waals surface area contributed by atoms with Gasteiger partial charge in [-0.05, 0) is 12.1 Å². The minimum absolute atomic E-state index is 0.514. The molecule has 0 atom stereocenters. The highest BCUT2D eigenvalue weighted by Gasteiger charge is 2.09. The Kier molecular flexibility index (Phi) is 2.99. The van der Waals surface area contributed by atoms with E-state index in [2.05, 4.69) is 11.2 Å². The molecule has 2 rings (SSSR count). The van der Waals surface area contributed by atoms with Crippen molar-refractivity contribution in [1.82, 2.24) is 0 Å². The van der Waals surface area contributed by atoms with E-state index in [0.717, 1.165) is 23.6 Å². The van der Waals surface area contributed by atoms with Crippen LogP contribution < -0.4 is 14.8 Å². The molecule has 15 heavy (non-hydrogen) atoms. The third kappa shape index (κ3) is 2.35. The Bertz CT molecular complexity index is 382. The fourth-order valence-corrected chi connectivity index (χ4v) is 1.43. The second-order valence-electron chi connectivity index (χ2n) is 3.27. The Morgan fingerprint density at radius 3 is 2.87 bits per heavy atom. The normalized spacial score (nSPS) is 13.8. The van der Waals surface area contributed by atoms with Crippen LogP contribution in [0.25, 0.3) is 0 Å². The van der Waals surface area contributed by atoms with Crippen LogP contribution in [0.2, 0.25) is 0 Å². The van der Waals surface area contributed by atoms with Crippen molar-refractivity contribution in [3.63, 3.8) is 0 Å². The summed E-state index contributed by atoms with van der Waals surface area (Å²) in [5.74, 6) is 4.12. The lowest BCUT2D eigenvalue weighted by molar-refractivity contribution is 0.297. The Balaban J connectivity index is 2.17. The summed E-state index contributed by atoms with van der Waals surface area (Å²) in [5, 5.41) is 3.09. The molecular weight excluding hydrogens is 190 g/mol. The van der Waals surface area contributed by atoms with E-state index >= 15 is 0 Å². The molecule has 0 bridgehead atoms. The van der Waals surface area contributed by atoms with Crippen molar-refractivity contribution in [2.45, 2.75) is 6.42 Å². The molecule has 0 aromatic heterocycles. The van der Waals surface area contributed by atoms with Gasteiger partial charge >= 0.3 is 0 Å². The molecule has 1 N–H and O–H groups in total. The van der Waals surface area contributed by atoms with Crippen LogP contribution in [-0.4, -0.2) is 19.8 Å². The maximum atomic E-state index is 5.55. The number of terminal acetylenes is 1. The summed E-state index contributed by atoms with van der Waals surface area (Å²) < 4.78 is 11.1. The number of rotatable bonds is 2. The molecule has 3 heteroatoms. The van der Waals surface area contributed by atoms with Gasteiger partial charge in [-0.3, -0.25) is 0 Å². The minimum Gasteiger partial charge on any atom is -0.490 e. The first kappa shape index (κ1) is 9.72. The number of hydrogen-bond acceptors (Lipinski definition) is 3. The van der Waals surface area contributed by atoms with E-state index in [-0.39, 0.29) is 0 Å². The number of benzene rings is 1. The van der Waals surface area contributed by atoms with E-state index in [1.165, 1.54) is 0 Å². The van der Waals surface area contributed by atoms with Gasteiger partial charge in [-0.25, -0.2) is 0 Å². The van der Waals surface area contributed by atoms with Gasteiger partial charge in [-0.1, -0.05) is 5.92 Å². The zero-order chi connectivity index (χ0) is 10.5. The molecule has 0 amide bonds. The van der Waals surface area contributed by atoms with Crippen LogP contribution in [0.4, 0.5) is 5.69 Å². The number of hydrogen-bond donors (Lipinski definition) is 1. The summed E-state index contributed by atoms with van der Waals surface area (Å²) in [5.41, 5.74) is 0.956. The monoisotopic (exact) mass is 203 g/mol. The van der Waals surface area contributed by atoms with Crippen LogP contribution in [0.15, 0.2) is 18.2 Å². The molecule has 0 spiro atoms. The highest BCUT2D eigenvalue weighted by Crippen LogP contribution is 2.32. The first-order chi connectivity index (χ1) is 7.40. The Morgan fingerprint density at radius 2 is 2.07 bits per heavy atom. The van der Waals surface area contributed by atoms with Gasteiger partial charge < -0.3 is 14.8 Å². The third-order valence-corrected chi connectivity index (χ3v) is 2.14. The van der Waals surface area contributed by atoms with Gasteiger partial charge in [0.1, 0.15) is 0 Å². The van der Waals surface area contributed by atoms with Crippen molar-refractivity contribution in [1.29, 1.82) is 0 Å². The lowest BCUT2D eigenvalue weighted by atomic mass is 10.2. The molecule has 0 saturated heterocycles. The molecule has 0 unspecified atom stereocenters. The van der Waals surface area contributed by atoms with Gasteiger partial charge in [0.15, 0.2) is 11.5 Å². The lowest BCUT2D eigenvalue weighted by Crippen LogP contribution is -1.99. The van der Waals surface area contributed by atoms with Crippen molar-refractivity contribution in [3.8, 4) is 23.8 Å². The van der Waals surface area contributed by atoms with Crippen LogP contribution in [0.1, 0.15) is 6.42 Å². The quantitative estimate of drug-likeness (QED) is 0.744. The Morgan fingerprint density at radius 1 is 1.27 bits per heavy atom. The molecule has 78 valence electrons. The third-order valence-electron chi connectivity index (χ3n) is 2.14. The van der Waals surface area contributed by atoms with E-state index in [4.69, 9.17) is 15.9 Å². The van der Waals surface area contributed by atoms with Gasteiger partial charge in [0.2, 0.25) is 0 Å². The molecule has 0 radical (unpaired) electrons. The molecule has 1 heterocycles. The van der Waals surface area contributed by atoms with Crippen LogP contribution >= 0.6 is 0 Å². The molecule has 0 fully saturated rings. The number of nitrogens with one attached hydrogen (secondary N) is 1. The summed E-state index contributed by atoms with van der Waals surface area (Å²) in [7, 11) is 0. The topological polar surface area (TPSA) is 30.5 Å². The predicted octanol–water partition coefficient (Wildman–Crippen LogP) is 1.89. The molecule has 1 aliphatic heterocycles. The summed E-state index contributed by atoms with van der Waals surface area (Å²) in [6.07, 6.45) is 6.09. The Hall–Kier alpha value is -1.82. The molecule has 3 nitrogen and oxygen atoms in total. The van der Waals surface area contributed by atoms with Crippen LogP contribution in [0.3, 0.4) is 0 Å². The molecular formula is C12H13NO2. The van der Waals surface area contributed by atoms with Crippen LogP contribution in [0.5, 0.6) is 11.5 Å². The lowest BCUT2D eigenvalue weighted by Gasteiger charge is -2.09. The number of anilines is 1. The highest BCUT2D eigenvalue weighted by atomic mass is 16.5. The van der Waals surface area contributed by atoms with E-state index in [9.17, 15) is 0 Å². The van der Waals surface area contributed by atoms with Gasteiger partial charge in [0.05, 0.1) is 19.8 Å². The van der Waals surface area contributed by atoms with E-state index in [1.54, 1.807) is 0 Å². The van der Waals surface area contributed by atoms with Crippen molar-refractivity contribution in [2.75, 3.05) is 25.1 Å². The molecule has 1 aromatic carbocycles. The summed E-state index contributed by atoms with van der Waals surface area (Å²) in [6.45, 7) is 1.93. The van der Waals surface area contributed by atoms with E-state index in [1.807, 2.05) is 18.2 Å². The van der Waals surface area contributed by atoms with Gasteiger partial charge in [0, 0.05) is 18.2 Å². The smallest absolute Gasteiger partial charge is 0.163 e. The summed E-state index contributed by atoms with van der Waals surface area (Å²) >= 11 is 0. The van der Waals surface area contributed by atoms with Crippen molar-refractivity contribution >= 4 is 5.69 Å². The average Bonchev–Trinajstić information content (AvgIpc) is 2.50. The highest BCUT2D eigenvalue weighted by molar-refractivity contribution is 5.55. The maximum Gasteiger partial charge on any atom is 0.163 e. The fourth-order valence-electron chi connectivity index (χ4n) is 1.43. The largest absolute Gasteiger partial charge is 0.490 e. The second-order valence-corrected chi connectivity index (χ2v) is 3.27. The van der Waals surface area contributed by atoms with E-state index in [0.29, 0.717) is 19.8 Å². The van der Waals surface area contributed by atoms with Crippen molar-refractivity contribution in [3.05, 3.63) is 18.2 Å². The predicted molar refractivity (Wildman–Crippen MR) is 59.4 cm³/mol. The molecule has 1 aliphatic rings. The molecule has 1 aromatic rings. The summed E-state index contributed by atoms with van der Waals surface area (Å²) in [6, 6.07) is 5.75.